The van der Waals surface area contributed by atoms with Crippen LogP contribution in [0.3, 0.4) is 0 Å². The van der Waals surface area contributed by atoms with Crippen LogP contribution in [-0.2, 0) is 24.1 Å². The molecule has 3 aromatic rings. The number of carbonyl (C=O) groups is 1. The van der Waals surface area contributed by atoms with E-state index in [1.807, 2.05) is 54.6 Å². The Morgan fingerprint density at radius 3 is 1.12 bits per heavy atom. The zero-order valence-corrected chi connectivity index (χ0v) is 14.7. The molecule has 0 fully saturated rings. The van der Waals surface area contributed by atoms with Crippen molar-refractivity contribution in [1.29, 1.82) is 0 Å². The van der Waals surface area contributed by atoms with Gasteiger partial charge in [-0.15, -0.1) is 0 Å². The summed E-state index contributed by atoms with van der Waals surface area (Å²) >= 11 is 0. The van der Waals surface area contributed by atoms with Crippen LogP contribution in [0.5, 0.6) is 0 Å². The van der Waals surface area contributed by atoms with Crippen molar-refractivity contribution in [3.05, 3.63) is 108 Å². The van der Waals surface area contributed by atoms with Gasteiger partial charge in [-0.1, -0.05) is 91.0 Å². The second-order valence-electron chi connectivity index (χ2n) is 6.82. The van der Waals surface area contributed by atoms with Crippen LogP contribution in [0.25, 0.3) is 0 Å². The van der Waals surface area contributed by atoms with E-state index in [0.717, 1.165) is 19.3 Å². The second kappa shape index (κ2) is 7.94. The van der Waals surface area contributed by atoms with Crippen LogP contribution >= 0.6 is 0 Å². The van der Waals surface area contributed by atoms with E-state index in [2.05, 4.69) is 36.4 Å². The Bertz CT molecular complexity index is 690. The molecule has 0 spiro atoms. The third-order valence-corrected chi connectivity index (χ3v) is 4.90. The predicted molar refractivity (Wildman–Crippen MR) is 104 cm³/mol. The maximum absolute atomic E-state index is 12.9. The lowest BCUT2D eigenvalue weighted by molar-refractivity contribution is -0.126. The molecule has 126 valence electrons. The van der Waals surface area contributed by atoms with Gasteiger partial charge in [0.15, 0.2) is 0 Å². The molecule has 0 aliphatic carbocycles. The smallest absolute Gasteiger partial charge is 0.136 e. The highest BCUT2D eigenvalue weighted by Gasteiger charge is 2.36. The van der Waals surface area contributed by atoms with Crippen molar-refractivity contribution >= 4 is 5.78 Å². The SMILES string of the molecule is CC(=O)C(Cc1ccccc1)(Cc1ccccc1)Cc1ccccc1. The van der Waals surface area contributed by atoms with Gasteiger partial charge in [-0.05, 0) is 42.9 Å². The second-order valence-corrected chi connectivity index (χ2v) is 6.82. The first-order valence-electron chi connectivity index (χ1n) is 8.81. The fourth-order valence-electron chi connectivity index (χ4n) is 3.52. The number of carbonyl (C=O) groups excluding carboxylic acids is 1. The molecular formula is C24H24O. The Balaban J connectivity index is 1.99. The zero-order valence-electron chi connectivity index (χ0n) is 14.7. The topological polar surface area (TPSA) is 17.1 Å². The molecule has 0 aliphatic heterocycles. The summed E-state index contributed by atoms with van der Waals surface area (Å²) in [6.45, 7) is 1.74. The van der Waals surface area contributed by atoms with Gasteiger partial charge in [-0.2, -0.15) is 0 Å². The predicted octanol–water partition coefficient (Wildman–Crippen LogP) is 5.29. The summed E-state index contributed by atoms with van der Waals surface area (Å²) in [7, 11) is 0. The van der Waals surface area contributed by atoms with Gasteiger partial charge in [0.25, 0.3) is 0 Å². The van der Waals surface area contributed by atoms with Crippen molar-refractivity contribution in [2.45, 2.75) is 26.2 Å². The van der Waals surface area contributed by atoms with E-state index in [-0.39, 0.29) is 5.78 Å². The number of benzene rings is 3. The summed E-state index contributed by atoms with van der Waals surface area (Å²) in [5.74, 6) is 0.254. The molecule has 1 nitrogen and oxygen atoms in total. The van der Waals surface area contributed by atoms with Crippen LogP contribution in [0.15, 0.2) is 91.0 Å². The Morgan fingerprint density at radius 1 is 0.600 bits per heavy atom. The average molecular weight is 328 g/mol. The van der Waals surface area contributed by atoms with Gasteiger partial charge in [0.05, 0.1) is 0 Å². The first kappa shape index (κ1) is 17.2. The number of rotatable bonds is 7. The molecule has 3 aromatic carbocycles. The largest absolute Gasteiger partial charge is 0.299 e. The Kier molecular flexibility index (Phi) is 5.45. The average Bonchev–Trinajstić information content (AvgIpc) is 2.64. The molecule has 0 unspecified atom stereocenters. The van der Waals surface area contributed by atoms with Crippen molar-refractivity contribution < 1.29 is 4.79 Å². The van der Waals surface area contributed by atoms with E-state index in [9.17, 15) is 4.79 Å². The van der Waals surface area contributed by atoms with Gasteiger partial charge in [-0.3, -0.25) is 4.79 Å². The number of Topliss-reactive ketones (excluding diaryl/α,β-unsaturated/α-hetero) is 1. The Labute approximate surface area is 150 Å². The summed E-state index contributed by atoms with van der Waals surface area (Å²) in [5.41, 5.74) is 3.21. The summed E-state index contributed by atoms with van der Waals surface area (Å²) in [6.07, 6.45) is 2.27. The van der Waals surface area contributed by atoms with Gasteiger partial charge in [0.2, 0.25) is 0 Å². The van der Waals surface area contributed by atoms with Crippen LogP contribution in [0.2, 0.25) is 0 Å². The first-order chi connectivity index (χ1) is 12.2. The molecule has 0 radical (unpaired) electrons. The first-order valence-corrected chi connectivity index (χ1v) is 8.81. The maximum atomic E-state index is 12.9. The molecule has 25 heavy (non-hydrogen) atoms. The molecule has 0 bridgehead atoms. The standard InChI is InChI=1S/C24H24O/c1-20(25)24(17-21-11-5-2-6-12-21,18-22-13-7-3-8-14-22)19-23-15-9-4-10-16-23/h2-16H,17-19H2,1H3. The molecule has 3 rings (SSSR count). The molecule has 0 N–H and O–H groups in total. The van der Waals surface area contributed by atoms with Crippen LogP contribution in [0.4, 0.5) is 0 Å². The fourth-order valence-corrected chi connectivity index (χ4v) is 3.52. The summed E-state index contributed by atoms with van der Waals surface area (Å²) in [6, 6.07) is 31.1. The highest BCUT2D eigenvalue weighted by Crippen LogP contribution is 2.33. The van der Waals surface area contributed by atoms with Crippen LogP contribution < -0.4 is 0 Å². The third kappa shape index (κ3) is 4.45. The normalized spacial score (nSPS) is 11.2. The Hall–Kier alpha value is -2.67. The van der Waals surface area contributed by atoms with Crippen LogP contribution in [-0.4, -0.2) is 5.78 Å². The number of hydrogen-bond acceptors (Lipinski definition) is 1. The van der Waals surface area contributed by atoms with Gasteiger partial charge in [-0.25, -0.2) is 0 Å². The van der Waals surface area contributed by atoms with Gasteiger partial charge in [0.1, 0.15) is 5.78 Å². The fraction of sp³-hybridized carbons (Fsp3) is 0.208. The summed E-state index contributed by atoms with van der Waals surface area (Å²) < 4.78 is 0. The molecule has 0 aliphatic rings. The molecule has 0 saturated heterocycles. The third-order valence-electron chi connectivity index (χ3n) is 4.90. The van der Waals surface area contributed by atoms with Crippen LogP contribution in [0.1, 0.15) is 23.6 Å². The van der Waals surface area contributed by atoms with Crippen molar-refractivity contribution in [2.75, 3.05) is 0 Å². The quantitative estimate of drug-likeness (QED) is 0.576. The van der Waals surface area contributed by atoms with Crippen molar-refractivity contribution in [3.8, 4) is 0 Å². The van der Waals surface area contributed by atoms with E-state index >= 15 is 0 Å². The minimum Gasteiger partial charge on any atom is -0.299 e. The molecule has 0 heterocycles. The lowest BCUT2D eigenvalue weighted by atomic mass is 9.70. The minimum absolute atomic E-state index is 0.254. The van der Waals surface area contributed by atoms with E-state index in [1.165, 1.54) is 16.7 Å². The lowest BCUT2D eigenvalue weighted by Gasteiger charge is -2.32. The van der Waals surface area contributed by atoms with E-state index in [4.69, 9.17) is 0 Å². The highest BCUT2D eigenvalue weighted by molar-refractivity contribution is 5.83. The molecule has 0 atom stereocenters. The molecule has 0 amide bonds. The molecular weight excluding hydrogens is 304 g/mol. The van der Waals surface area contributed by atoms with Gasteiger partial charge in [0, 0.05) is 5.41 Å². The minimum atomic E-state index is -0.427. The molecule has 1 heteroatoms. The zero-order chi connectivity index (χ0) is 17.5. The highest BCUT2D eigenvalue weighted by atomic mass is 16.1. The lowest BCUT2D eigenvalue weighted by Crippen LogP contribution is -2.36. The monoisotopic (exact) mass is 328 g/mol. The molecule has 0 saturated carbocycles. The summed E-state index contributed by atoms with van der Waals surface area (Å²) in [4.78, 5) is 12.9. The van der Waals surface area contributed by atoms with E-state index < -0.39 is 5.41 Å². The maximum Gasteiger partial charge on any atom is 0.136 e. The van der Waals surface area contributed by atoms with Gasteiger partial charge >= 0.3 is 0 Å². The van der Waals surface area contributed by atoms with Crippen molar-refractivity contribution in [1.82, 2.24) is 0 Å². The Morgan fingerprint density at radius 2 is 0.880 bits per heavy atom. The summed E-state index contributed by atoms with van der Waals surface area (Å²) in [5, 5.41) is 0. The van der Waals surface area contributed by atoms with Crippen molar-refractivity contribution in [2.24, 2.45) is 5.41 Å². The number of hydrogen-bond donors (Lipinski definition) is 0. The van der Waals surface area contributed by atoms with Crippen molar-refractivity contribution in [3.63, 3.8) is 0 Å². The van der Waals surface area contributed by atoms with Crippen LogP contribution in [0, 0.1) is 5.41 Å². The van der Waals surface area contributed by atoms with E-state index in [0.29, 0.717) is 0 Å². The van der Waals surface area contributed by atoms with E-state index in [1.54, 1.807) is 6.92 Å². The molecule has 0 aromatic heterocycles. The van der Waals surface area contributed by atoms with Gasteiger partial charge < -0.3 is 0 Å². The number of ketones is 1.